The zero-order valence-corrected chi connectivity index (χ0v) is 14.7. The van der Waals surface area contributed by atoms with Crippen LogP contribution in [0.25, 0.3) is 0 Å². The average Bonchev–Trinajstić information content (AvgIpc) is 2.33. The molecule has 0 aromatic heterocycles. The molecule has 0 aliphatic rings. The van der Waals surface area contributed by atoms with Gasteiger partial charge in [-0.1, -0.05) is 25.4 Å². The van der Waals surface area contributed by atoms with E-state index >= 15 is 0 Å². The molecule has 0 radical (unpaired) electrons. The monoisotopic (exact) mass is 296 g/mol. The number of halogens is 1. The van der Waals surface area contributed by atoms with E-state index in [0.29, 0.717) is 12.0 Å². The van der Waals surface area contributed by atoms with Gasteiger partial charge >= 0.3 is 0 Å². The summed E-state index contributed by atoms with van der Waals surface area (Å²) in [6, 6.07) is 6.66. The highest BCUT2D eigenvalue weighted by Crippen LogP contribution is 2.27. The van der Waals surface area contributed by atoms with Gasteiger partial charge in [-0.05, 0) is 57.4 Å². The van der Waals surface area contributed by atoms with E-state index in [2.05, 4.69) is 70.9 Å². The Morgan fingerprint density at radius 1 is 1.20 bits per heavy atom. The molecule has 1 aromatic rings. The van der Waals surface area contributed by atoms with Crippen LogP contribution in [0.4, 0.5) is 5.69 Å². The fourth-order valence-electron chi connectivity index (χ4n) is 2.07. The minimum atomic E-state index is 0.0990. The van der Waals surface area contributed by atoms with E-state index in [1.54, 1.807) is 0 Å². The molecule has 20 heavy (non-hydrogen) atoms. The summed E-state index contributed by atoms with van der Waals surface area (Å²) in [6.45, 7) is 14.1. The number of nitrogens with one attached hydrogen (secondary N) is 1. The van der Waals surface area contributed by atoms with Crippen molar-refractivity contribution < 1.29 is 0 Å². The van der Waals surface area contributed by atoms with Crippen LogP contribution in [0.15, 0.2) is 18.2 Å². The predicted molar refractivity (Wildman–Crippen MR) is 90.7 cm³/mol. The van der Waals surface area contributed by atoms with Crippen molar-refractivity contribution in [3.8, 4) is 0 Å². The summed E-state index contributed by atoms with van der Waals surface area (Å²) in [6.07, 6.45) is 0. The van der Waals surface area contributed by atoms with Gasteiger partial charge in [-0.25, -0.2) is 0 Å². The molecule has 2 nitrogen and oxygen atoms in total. The first kappa shape index (κ1) is 17.3. The highest BCUT2D eigenvalue weighted by molar-refractivity contribution is 6.30. The molecule has 114 valence electrons. The molecule has 0 fully saturated rings. The van der Waals surface area contributed by atoms with Crippen molar-refractivity contribution in [1.82, 2.24) is 5.32 Å². The van der Waals surface area contributed by atoms with Crippen LogP contribution in [0.1, 0.15) is 47.1 Å². The van der Waals surface area contributed by atoms with Crippen molar-refractivity contribution in [1.29, 1.82) is 0 Å². The summed E-state index contributed by atoms with van der Waals surface area (Å²) in [5, 5.41) is 4.34. The van der Waals surface area contributed by atoms with E-state index in [4.69, 9.17) is 11.6 Å². The smallest absolute Gasteiger partial charge is 0.0412 e. The van der Waals surface area contributed by atoms with Crippen molar-refractivity contribution in [2.45, 2.75) is 59.7 Å². The lowest BCUT2D eigenvalue weighted by Gasteiger charge is -2.32. The Hall–Kier alpha value is -0.730. The van der Waals surface area contributed by atoms with Crippen molar-refractivity contribution in [2.75, 3.05) is 11.9 Å². The molecule has 0 amide bonds. The second kappa shape index (κ2) is 6.82. The molecular weight excluding hydrogens is 268 g/mol. The van der Waals surface area contributed by atoms with Crippen molar-refractivity contribution in [2.24, 2.45) is 5.92 Å². The standard InChI is InChI=1S/C17H29ClN2/c1-12(2)13(3)20(7)16-9-8-15(18)10-14(16)11-19-17(4,5)6/h8-10,12-13,19H,11H2,1-7H3. The average molecular weight is 297 g/mol. The van der Waals surface area contributed by atoms with Gasteiger partial charge < -0.3 is 10.2 Å². The molecule has 0 bridgehead atoms. The number of nitrogens with zero attached hydrogens (tertiary/aromatic N) is 1. The van der Waals surface area contributed by atoms with Crippen LogP contribution in [0.2, 0.25) is 5.02 Å². The second-order valence-corrected chi connectivity index (χ2v) is 7.41. The summed E-state index contributed by atoms with van der Waals surface area (Å²) in [5.74, 6) is 0.610. The molecule has 0 heterocycles. The largest absolute Gasteiger partial charge is 0.371 e. The van der Waals surface area contributed by atoms with Crippen molar-refractivity contribution in [3.05, 3.63) is 28.8 Å². The van der Waals surface area contributed by atoms with E-state index in [1.165, 1.54) is 11.3 Å². The van der Waals surface area contributed by atoms with Crippen LogP contribution in [-0.4, -0.2) is 18.6 Å². The van der Waals surface area contributed by atoms with Gasteiger partial charge in [0.2, 0.25) is 0 Å². The lowest BCUT2D eigenvalue weighted by atomic mass is 10.0. The molecule has 0 aliphatic heterocycles. The van der Waals surface area contributed by atoms with Crippen LogP contribution in [0.3, 0.4) is 0 Å². The SMILES string of the molecule is CC(C)C(C)N(C)c1ccc(Cl)cc1CNC(C)(C)C. The first-order chi connectivity index (χ1) is 9.11. The number of benzene rings is 1. The molecule has 0 saturated carbocycles. The summed E-state index contributed by atoms with van der Waals surface area (Å²) in [4.78, 5) is 2.35. The molecular formula is C17H29ClN2. The van der Waals surface area contributed by atoms with Crippen LogP contribution < -0.4 is 10.2 Å². The number of anilines is 1. The molecule has 3 heteroatoms. The normalized spacial score (nSPS) is 13.7. The van der Waals surface area contributed by atoms with Gasteiger partial charge in [-0.2, -0.15) is 0 Å². The third-order valence-corrected chi connectivity index (χ3v) is 4.04. The maximum absolute atomic E-state index is 6.17. The van der Waals surface area contributed by atoms with Crippen LogP contribution in [-0.2, 0) is 6.54 Å². The van der Waals surface area contributed by atoms with E-state index in [9.17, 15) is 0 Å². The third kappa shape index (κ3) is 4.99. The fourth-order valence-corrected chi connectivity index (χ4v) is 2.26. The first-order valence-electron chi connectivity index (χ1n) is 7.38. The number of hydrogen-bond acceptors (Lipinski definition) is 2. The Labute approximate surface area is 129 Å². The zero-order valence-electron chi connectivity index (χ0n) is 13.9. The van der Waals surface area contributed by atoms with Crippen molar-refractivity contribution in [3.63, 3.8) is 0 Å². The maximum Gasteiger partial charge on any atom is 0.0412 e. The minimum absolute atomic E-state index is 0.0990. The van der Waals surface area contributed by atoms with Gasteiger partial charge in [0.05, 0.1) is 0 Å². The Morgan fingerprint density at radius 3 is 2.30 bits per heavy atom. The highest BCUT2D eigenvalue weighted by Gasteiger charge is 2.18. The Kier molecular flexibility index (Phi) is 5.91. The molecule has 0 saturated heterocycles. The minimum Gasteiger partial charge on any atom is -0.371 e. The molecule has 0 spiro atoms. The van der Waals surface area contributed by atoms with Crippen LogP contribution in [0.5, 0.6) is 0 Å². The van der Waals surface area contributed by atoms with E-state index in [0.717, 1.165) is 11.6 Å². The number of rotatable bonds is 5. The van der Waals surface area contributed by atoms with Gasteiger partial charge in [0, 0.05) is 35.9 Å². The summed E-state index contributed by atoms with van der Waals surface area (Å²) >= 11 is 6.17. The quantitative estimate of drug-likeness (QED) is 0.846. The molecule has 1 unspecified atom stereocenters. The second-order valence-electron chi connectivity index (χ2n) is 6.97. The van der Waals surface area contributed by atoms with Gasteiger partial charge in [0.25, 0.3) is 0 Å². The molecule has 1 N–H and O–H groups in total. The van der Waals surface area contributed by atoms with Gasteiger partial charge in [0.15, 0.2) is 0 Å². The number of hydrogen-bond donors (Lipinski definition) is 1. The molecule has 1 atom stereocenters. The fraction of sp³-hybridized carbons (Fsp3) is 0.647. The third-order valence-electron chi connectivity index (χ3n) is 3.81. The van der Waals surface area contributed by atoms with Gasteiger partial charge in [0.1, 0.15) is 0 Å². The lowest BCUT2D eigenvalue weighted by molar-refractivity contribution is 0.423. The lowest BCUT2D eigenvalue weighted by Crippen LogP contribution is -2.37. The Bertz CT molecular complexity index is 435. The van der Waals surface area contributed by atoms with E-state index < -0.39 is 0 Å². The predicted octanol–water partition coefficient (Wildman–Crippen LogP) is 4.71. The molecule has 0 aliphatic carbocycles. The summed E-state index contributed by atoms with van der Waals surface area (Å²) < 4.78 is 0. The van der Waals surface area contributed by atoms with Crippen LogP contribution in [0, 0.1) is 5.92 Å². The topological polar surface area (TPSA) is 15.3 Å². The maximum atomic E-state index is 6.17. The van der Waals surface area contributed by atoms with E-state index in [-0.39, 0.29) is 5.54 Å². The summed E-state index contributed by atoms with van der Waals surface area (Å²) in [5.41, 5.74) is 2.61. The Balaban J connectivity index is 3.01. The first-order valence-corrected chi connectivity index (χ1v) is 7.76. The highest BCUT2D eigenvalue weighted by atomic mass is 35.5. The molecule has 1 aromatic carbocycles. The summed E-state index contributed by atoms with van der Waals surface area (Å²) in [7, 11) is 2.16. The molecule has 1 rings (SSSR count). The zero-order chi connectivity index (χ0) is 15.5. The van der Waals surface area contributed by atoms with Crippen LogP contribution >= 0.6 is 11.6 Å². The van der Waals surface area contributed by atoms with E-state index in [1.807, 2.05) is 6.07 Å². The Morgan fingerprint density at radius 2 is 1.80 bits per heavy atom. The van der Waals surface area contributed by atoms with Crippen molar-refractivity contribution >= 4 is 17.3 Å². The van der Waals surface area contributed by atoms with Gasteiger partial charge in [-0.15, -0.1) is 0 Å². The van der Waals surface area contributed by atoms with Gasteiger partial charge in [-0.3, -0.25) is 0 Å².